The summed E-state index contributed by atoms with van der Waals surface area (Å²) in [4.78, 5) is 0. The molecule has 0 bridgehead atoms. The summed E-state index contributed by atoms with van der Waals surface area (Å²) >= 11 is 0. The maximum Gasteiger partial charge on any atom is 0.119 e. The van der Waals surface area contributed by atoms with Crippen LogP contribution in [0.1, 0.15) is 37.8 Å². The molecule has 0 spiro atoms. The molecule has 2 nitrogen and oxygen atoms in total. The fourth-order valence-electron chi connectivity index (χ4n) is 1.41. The van der Waals surface area contributed by atoms with Crippen molar-refractivity contribution in [3.05, 3.63) is 29.8 Å². The highest BCUT2D eigenvalue weighted by Crippen LogP contribution is 2.18. The van der Waals surface area contributed by atoms with E-state index in [9.17, 15) is 0 Å². The Balaban J connectivity index is 2.43. The van der Waals surface area contributed by atoms with Crippen molar-refractivity contribution in [3.63, 3.8) is 0 Å². The lowest BCUT2D eigenvalue weighted by molar-refractivity contribution is 0.313. The van der Waals surface area contributed by atoms with E-state index in [2.05, 4.69) is 12.8 Å². The Labute approximate surface area is 97.8 Å². The van der Waals surface area contributed by atoms with Crippen LogP contribution in [-0.2, 0) is 0 Å². The summed E-state index contributed by atoms with van der Waals surface area (Å²) in [7, 11) is 0. The number of benzene rings is 1. The topological polar surface area (TPSA) is 35.2 Å². The van der Waals surface area contributed by atoms with Gasteiger partial charge in [0.15, 0.2) is 0 Å². The molecule has 1 atom stereocenters. The van der Waals surface area contributed by atoms with E-state index in [1.165, 1.54) is 0 Å². The van der Waals surface area contributed by atoms with E-state index in [0.717, 1.165) is 30.6 Å². The van der Waals surface area contributed by atoms with Crippen LogP contribution in [-0.4, -0.2) is 6.61 Å². The van der Waals surface area contributed by atoms with E-state index in [1.807, 2.05) is 24.3 Å². The molecule has 0 aromatic heterocycles. The minimum absolute atomic E-state index is 0.121. The molecule has 0 aliphatic carbocycles. The molecule has 0 heterocycles. The van der Waals surface area contributed by atoms with Gasteiger partial charge in [-0.25, -0.2) is 0 Å². The second-order valence-electron chi connectivity index (χ2n) is 3.74. The van der Waals surface area contributed by atoms with Crippen LogP contribution in [0.3, 0.4) is 0 Å². The zero-order valence-corrected chi connectivity index (χ0v) is 9.78. The number of hydrogen-bond donors (Lipinski definition) is 1. The Morgan fingerprint density at radius 2 is 2.06 bits per heavy atom. The zero-order chi connectivity index (χ0) is 11.8. The average Bonchev–Trinajstić information content (AvgIpc) is 2.34. The van der Waals surface area contributed by atoms with Crippen molar-refractivity contribution in [2.75, 3.05) is 6.61 Å². The maximum absolute atomic E-state index is 5.92. The third-order valence-electron chi connectivity index (χ3n) is 2.48. The van der Waals surface area contributed by atoms with Crippen molar-refractivity contribution in [1.29, 1.82) is 0 Å². The van der Waals surface area contributed by atoms with Gasteiger partial charge < -0.3 is 10.5 Å². The second kappa shape index (κ2) is 6.92. The number of nitrogens with two attached hydrogens (primary N) is 1. The van der Waals surface area contributed by atoms with Crippen LogP contribution in [0, 0.1) is 12.3 Å². The Morgan fingerprint density at radius 3 is 2.62 bits per heavy atom. The van der Waals surface area contributed by atoms with Gasteiger partial charge in [0, 0.05) is 12.5 Å². The number of ether oxygens (including phenoxy) is 1. The molecule has 16 heavy (non-hydrogen) atoms. The first-order chi connectivity index (χ1) is 7.77. The molecule has 1 rings (SSSR count). The number of terminal acetylenes is 1. The summed E-state index contributed by atoms with van der Waals surface area (Å²) < 4.78 is 5.54. The third-order valence-corrected chi connectivity index (χ3v) is 2.48. The fourth-order valence-corrected chi connectivity index (χ4v) is 1.41. The first-order valence-corrected chi connectivity index (χ1v) is 5.69. The summed E-state index contributed by atoms with van der Waals surface area (Å²) in [5.41, 5.74) is 7.07. The summed E-state index contributed by atoms with van der Waals surface area (Å²) in [5.74, 6) is 3.47. The molecule has 0 saturated heterocycles. The normalized spacial score (nSPS) is 11.8. The van der Waals surface area contributed by atoms with Gasteiger partial charge in [0.25, 0.3) is 0 Å². The molecular weight excluding hydrogens is 198 g/mol. The molecule has 0 fully saturated rings. The minimum atomic E-state index is 0.121. The van der Waals surface area contributed by atoms with Crippen molar-refractivity contribution < 1.29 is 4.74 Å². The molecule has 0 aliphatic rings. The molecule has 0 aliphatic heterocycles. The average molecular weight is 217 g/mol. The van der Waals surface area contributed by atoms with Gasteiger partial charge >= 0.3 is 0 Å². The zero-order valence-electron chi connectivity index (χ0n) is 9.78. The first-order valence-electron chi connectivity index (χ1n) is 5.69. The van der Waals surface area contributed by atoms with Crippen LogP contribution in [0.2, 0.25) is 0 Å². The van der Waals surface area contributed by atoms with Crippen molar-refractivity contribution in [2.45, 2.75) is 32.2 Å². The minimum Gasteiger partial charge on any atom is -0.494 e. The molecule has 0 unspecified atom stereocenters. The van der Waals surface area contributed by atoms with E-state index in [0.29, 0.717) is 6.61 Å². The lowest BCUT2D eigenvalue weighted by Crippen LogP contribution is -2.08. The third kappa shape index (κ3) is 3.96. The van der Waals surface area contributed by atoms with Crippen molar-refractivity contribution in [2.24, 2.45) is 5.73 Å². The van der Waals surface area contributed by atoms with Gasteiger partial charge in [-0.05, 0) is 30.5 Å². The van der Waals surface area contributed by atoms with Gasteiger partial charge in [-0.1, -0.05) is 19.1 Å². The largest absolute Gasteiger partial charge is 0.494 e. The fraction of sp³-hybridized carbons (Fsp3) is 0.429. The highest BCUT2D eigenvalue weighted by atomic mass is 16.5. The molecular formula is C14H19NO. The van der Waals surface area contributed by atoms with Gasteiger partial charge in [-0.3, -0.25) is 0 Å². The number of hydrogen-bond acceptors (Lipinski definition) is 2. The van der Waals surface area contributed by atoms with E-state index < -0.39 is 0 Å². The van der Waals surface area contributed by atoms with E-state index in [4.69, 9.17) is 16.9 Å². The monoisotopic (exact) mass is 217 g/mol. The summed E-state index contributed by atoms with van der Waals surface area (Å²) in [6.45, 7) is 2.75. The van der Waals surface area contributed by atoms with Crippen LogP contribution in [0.25, 0.3) is 0 Å². The van der Waals surface area contributed by atoms with Crippen LogP contribution in [0.5, 0.6) is 5.75 Å². The molecule has 86 valence electrons. The lowest BCUT2D eigenvalue weighted by atomic mass is 10.1. The van der Waals surface area contributed by atoms with Gasteiger partial charge in [0.1, 0.15) is 5.75 Å². The molecule has 2 N–H and O–H groups in total. The van der Waals surface area contributed by atoms with Gasteiger partial charge in [-0.2, -0.15) is 0 Å². The summed E-state index contributed by atoms with van der Waals surface area (Å²) in [5, 5.41) is 0. The van der Waals surface area contributed by atoms with E-state index >= 15 is 0 Å². The molecule has 1 aromatic rings. The Bertz CT molecular complexity index is 337. The van der Waals surface area contributed by atoms with Crippen LogP contribution >= 0.6 is 0 Å². The van der Waals surface area contributed by atoms with Crippen molar-refractivity contribution >= 4 is 0 Å². The molecule has 0 saturated carbocycles. The Kier molecular flexibility index (Phi) is 5.45. The molecule has 1 aromatic carbocycles. The van der Waals surface area contributed by atoms with Gasteiger partial charge in [0.05, 0.1) is 6.61 Å². The van der Waals surface area contributed by atoms with Crippen molar-refractivity contribution in [1.82, 2.24) is 0 Å². The molecule has 0 radical (unpaired) electrons. The first kappa shape index (κ1) is 12.6. The Morgan fingerprint density at radius 1 is 1.38 bits per heavy atom. The van der Waals surface area contributed by atoms with E-state index in [1.54, 1.807) is 0 Å². The van der Waals surface area contributed by atoms with Crippen LogP contribution < -0.4 is 10.5 Å². The van der Waals surface area contributed by atoms with Gasteiger partial charge in [-0.15, -0.1) is 12.3 Å². The number of rotatable bonds is 6. The maximum atomic E-state index is 5.92. The van der Waals surface area contributed by atoms with Gasteiger partial charge in [0.2, 0.25) is 0 Å². The Hall–Kier alpha value is -1.46. The quantitative estimate of drug-likeness (QED) is 0.587. The molecule has 2 heteroatoms. The second-order valence-corrected chi connectivity index (χ2v) is 3.74. The summed E-state index contributed by atoms with van der Waals surface area (Å²) in [6.07, 6.45) is 7.76. The summed E-state index contributed by atoms with van der Waals surface area (Å²) in [6, 6.07) is 8.08. The smallest absolute Gasteiger partial charge is 0.119 e. The highest BCUT2D eigenvalue weighted by molar-refractivity contribution is 5.28. The number of unbranched alkanes of at least 4 members (excludes halogenated alkanes) is 1. The lowest BCUT2D eigenvalue weighted by Gasteiger charge is -2.10. The highest BCUT2D eigenvalue weighted by Gasteiger charge is 2.02. The van der Waals surface area contributed by atoms with Crippen LogP contribution in [0.4, 0.5) is 0 Å². The predicted octanol–water partition coefficient (Wildman–Crippen LogP) is 2.89. The van der Waals surface area contributed by atoms with E-state index in [-0.39, 0.29) is 6.04 Å². The van der Waals surface area contributed by atoms with Crippen molar-refractivity contribution in [3.8, 4) is 18.1 Å². The van der Waals surface area contributed by atoms with Crippen LogP contribution in [0.15, 0.2) is 24.3 Å². The SMILES string of the molecule is C#CCCCOc1ccc([C@H](N)CC)cc1. The standard InChI is InChI=1S/C14H19NO/c1-3-5-6-11-16-13-9-7-12(8-10-13)14(15)4-2/h1,7-10,14H,4-6,11,15H2,2H3/t14-/m1/s1. The molecule has 0 amide bonds. The predicted molar refractivity (Wildman–Crippen MR) is 67.2 cm³/mol.